The Balaban J connectivity index is 2.79. The quantitative estimate of drug-likeness (QED) is 0.205. The molecule has 10 nitrogen and oxygen atoms in total. The van der Waals surface area contributed by atoms with Crippen LogP contribution in [0.25, 0.3) is 10.1 Å². The molecule has 0 saturated heterocycles. The van der Waals surface area contributed by atoms with Gasteiger partial charge in [-0.15, -0.1) is 11.3 Å². The predicted molar refractivity (Wildman–Crippen MR) is 177 cm³/mol. The Labute approximate surface area is 263 Å². The van der Waals surface area contributed by atoms with E-state index in [0.29, 0.717) is 22.9 Å². The molecule has 1 aromatic heterocycles. The van der Waals surface area contributed by atoms with E-state index in [1.54, 1.807) is 63.4 Å². The summed E-state index contributed by atoms with van der Waals surface area (Å²) in [7, 11) is -8.62. The molecule has 2 N–H and O–H groups in total. The van der Waals surface area contributed by atoms with Crippen molar-refractivity contribution in [1.82, 2.24) is 4.31 Å². The molecule has 1 aromatic carbocycles. The number of carboxylic acid groups (broad SMARTS) is 2. The van der Waals surface area contributed by atoms with Crippen LogP contribution in [0.2, 0.25) is 0 Å². The number of rotatable bonds is 16. The second kappa shape index (κ2) is 16.3. The fourth-order valence-electron chi connectivity index (χ4n) is 4.13. The highest BCUT2D eigenvalue weighted by Crippen LogP contribution is 2.36. The zero-order valence-electron chi connectivity index (χ0n) is 25.3. The Morgan fingerprint density at radius 3 is 1.98 bits per heavy atom. The van der Waals surface area contributed by atoms with E-state index in [9.17, 15) is 36.6 Å². The van der Waals surface area contributed by atoms with Gasteiger partial charge in [0, 0.05) is 11.2 Å². The smallest absolute Gasteiger partial charge is 0.324 e. The second-order valence-corrected chi connectivity index (χ2v) is 14.2. The Kier molecular flexibility index (Phi) is 13.5. The van der Waals surface area contributed by atoms with Gasteiger partial charge < -0.3 is 10.2 Å². The number of benzene rings is 1. The normalized spacial score (nSPS) is 13.9. The van der Waals surface area contributed by atoms with E-state index >= 15 is 0 Å². The van der Waals surface area contributed by atoms with E-state index in [2.05, 4.69) is 0 Å². The molecule has 0 aliphatic heterocycles. The first-order valence-corrected chi connectivity index (χ1v) is 17.4. The first kappa shape index (κ1) is 36.4. The van der Waals surface area contributed by atoms with Gasteiger partial charge in [-0.1, -0.05) is 43.4 Å². The average Bonchev–Trinajstić information content (AvgIpc) is 3.36. The van der Waals surface area contributed by atoms with Crippen LogP contribution in [0.4, 0.5) is 5.69 Å². The van der Waals surface area contributed by atoms with Crippen molar-refractivity contribution in [1.29, 1.82) is 0 Å². The summed E-state index contributed by atoms with van der Waals surface area (Å²) in [6.07, 6.45) is 15.7. The van der Waals surface area contributed by atoms with Crippen molar-refractivity contribution in [2.24, 2.45) is 0 Å². The third-order valence-corrected chi connectivity index (χ3v) is 10.9. The maximum Gasteiger partial charge on any atom is 0.324 e. The molecule has 238 valence electrons. The lowest BCUT2D eigenvalue weighted by atomic mass is 10.1. The summed E-state index contributed by atoms with van der Waals surface area (Å²) in [5.74, 6) is -2.72. The van der Waals surface area contributed by atoms with Gasteiger partial charge in [-0.3, -0.25) is 13.9 Å². The van der Waals surface area contributed by atoms with Crippen molar-refractivity contribution in [3.63, 3.8) is 0 Å². The topological polar surface area (TPSA) is 149 Å². The molecule has 0 fully saturated rings. The third-order valence-electron chi connectivity index (χ3n) is 6.13. The summed E-state index contributed by atoms with van der Waals surface area (Å²) in [6, 6.07) is 3.06. The summed E-state index contributed by atoms with van der Waals surface area (Å²) in [5.41, 5.74) is 1.15. The number of aryl methyl sites for hydroxylation is 1. The summed E-state index contributed by atoms with van der Waals surface area (Å²) in [5, 5.41) is 21.4. The number of hydrogen-bond donors (Lipinski definition) is 2. The minimum atomic E-state index is -4.34. The minimum absolute atomic E-state index is 0.0696. The van der Waals surface area contributed by atoms with Crippen molar-refractivity contribution in [3.8, 4) is 0 Å². The van der Waals surface area contributed by atoms with Crippen LogP contribution in [-0.2, 0) is 36.2 Å². The molecule has 13 heteroatoms. The maximum absolute atomic E-state index is 13.8. The minimum Gasteiger partial charge on any atom is -0.480 e. The monoisotopic (exact) mass is 662 g/mol. The molecule has 0 aliphatic rings. The van der Waals surface area contributed by atoms with E-state index in [1.165, 1.54) is 53.9 Å². The van der Waals surface area contributed by atoms with Crippen molar-refractivity contribution in [2.45, 2.75) is 47.6 Å². The average molecular weight is 663 g/mol. The first-order chi connectivity index (χ1) is 20.7. The Bertz CT molecular complexity index is 1760. The van der Waals surface area contributed by atoms with Gasteiger partial charge in [0.2, 0.25) is 10.0 Å². The van der Waals surface area contributed by atoms with E-state index in [1.807, 2.05) is 6.92 Å². The Morgan fingerprint density at radius 2 is 1.45 bits per heavy atom. The number of anilines is 1. The molecule has 0 saturated carbocycles. The number of sulfonamides is 2. The van der Waals surface area contributed by atoms with Crippen LogP contribution in [0, 0.1) is 6.92 Å². The number of carboxylic acids is 2. The Hall–Kier alpha value is -3.78. The lowest BCUT2D eigenvalue weighted by Gasteiger charge is -2.24. The van der Waals surface area contributed by atoms with Gasteiger partial charge in [-0.25, -0.2) is 16.8 Å². The van der Waals surface area contributed by atoms with Crippen molar-refractivity contribution >= 4 is 59.1 Å². The van der Waals surface area contributed by atoms with Gasteiger partial charge in [-0.2, -0.15) is 4.31 Å². The molecule has 1 heterocycles. The van der Waals surface area contributed by atoms with E-state index in [0.717, 1.165) is 13.3 Å². The number of hydrogen-bond acceptors (Lipinski definition) is 7. The zero-order chi connectivity index (χ0) is 33.1. The SMILES string of the molecule is C\C=C/C=C(\C=C/CC)S(=O)(=O)N(CC(=O)O)Cc1csc2c(C)cc(N(CC(=O)O)S(=O)(=O)C(/C=C\C)=C/C=C\C)cc12. The number of carbonyl (C=O) groups is 2. The second-order valence-electron chi connectivity index (χ2n) is 9.47. The lowest BCUT2D eigenvalue weighted by Crippen LogP contribution is -2.36. The van der Waals surface area contributed by atoms with Gasteiger partial charge in [0.1, 0.15) is 13.1 Å². The predicted octanol–water partition coefficient (Wildman–Crippen LogP) is 6.11. The third kappa shape index (κ3) is 9.11. The highest BCUT2D eigenvalue weighted by Gasteiger charge is 2.31. The molecule has 0 unspecified atom stereocenters. The lowest BCUT2D eigenvalue weighted by molar-refractivity contribution is -0.137. The number of allylic oxidation sites excluding steroid dienone is 10. The molecule has 44 heavy (non-hydrogen) atoms. The van der Waals surface area contributed by atoms with Gasteiger partial charge in [0.15, 0.2) is 0 Å². The summed E-state index contributed by atoms with van der Waals surface area (Å²) >= 11 is 1.29. The maximum atomic E-state index is 13.8. The fourth-order valence-corrected chi connectivity index (χ4v) is 8.03. The number of aliphatic carboxylic acids is 2. The number of fused-ring (bicyclic) bond motifs is 1. The highest BCUT2D eigenvalue weighted by molar-refractivity contribution is 7.96. The van der Waals surface area contributed by atoms with Crippen molar-refractivity contribution < 1.29 is 36.6 Å². The van der Waals surface area contributed by atoms with Gasteiger partial charge in [-0.05, 0) is 92.4 Å². The molecule has 2 aromatic rings. The van der Waals surface area contributed by atoms with Crippen LogP contribution in [0.1, 0.15) is 45.2 Å². The highest BCUT2D eigenvalue weighted by atomic mass is 32.2. The van der Waals surface area contributed by atoms with Gasteiger partial charge in [0.25, 0.3) is 10.0 Å². The standard InChI is InChI=1S/C31H38N2O8S3/c1-6-10-14-26(13-9-4)44(40,41)33(21-30(36)37)25-17-23(5)31-28(18-25)24(22-42-31)19-32(20-29(34)35)43(38,39)27(15-11-7-2)16-12-8-3/h6-7,9-18,22H,8,19-21H2,1-5H3,(H,34,35)(H,36,37)/b10-6-,11-7-,13-9-,16-12-,26-14+,27-15+. The Morgan fingerprint density at radius 1 is 0.864 bits per heavy atom. The molecule has 2 rings (SSSR count). The molecular formula is C31H38N2O8S3. The van der Waals surface area contributed by atoms with Crippen LogP contribution >= 0.6 is 11.3 Å². The van der Waals surface area contributed by atoms with Crippen LogP contribution in [-0.4, -0.2) is 56.4 Å². The molecule has 0 radical (unpaired) electrons. The van der Waals surface area contributed by atoms with Crippen LogP contribution < -0.4 is 4.31 Å². The van der Waals surface area contributed by atoms with Gasteiger partial charge in [0.05, 0.1) is 15.5 Å². The van der Waals surface area contributed by atoms with E-state index < -0.39 is 45.1 Å². The molecule has 0 bridgehead atoms. The van der Waals surface area contributed by atoms with Crippen molar-refractivity contribution in [3.05, 3.63) is 99.2 Å². The molecule has 0 spiro atoms. The number of nitrogens with zero attached hydrogens (tertiary/aromatic N) is 2. The van der Waals surface area contributed by atoms with Crippen LogP contribution in [0.3, 0.4) is 0 Å². The van der Waals surface area contributed by atoms with Crippen LogP contribution in [0.5, 0.6) is 0 Å². The number of thiophene rings is 1. The van der Waals surface area contributed by atoms with Crippen molar-refractivity contribution in [2.75, 3.05) is 17.4 Å². The fraction of sp³-hybridized carbons (Fsp3) is 0.290. The zero-order valence-corrected chi connectivity index (χ0v) is 27.7. The molecule has 0 amide bonds. The van der Waals surface area contributed by atoms with Gasteiger partial charge >= 0.3 is 11.9 Å². The van der Waals surface area contributed by atoms with E-state index in [4.69, 9.17) is 0 Å². The molecule has 0 aliphatic carbocycles. The molecular weight excluding hydrogens is 625 g/mol. The summed E-state index contributed by atoms with van der Waals surface area (Å²) in [4.78, 5) is 23.5. The summed E-state index contributed by atoms with van der Waals surface area (Å²) in [6.45, 7) is 6.67. The van der Waals surface area contributed by atoms with Crippen LogP contribution in [0.15, 0.2) is 88.1 Å². The largest absolute Gasteiger partial charge is 0.480 e. The molecule has 0 atom stereocenters. The summed E-state index contributed by atoms with van der Waals surface area (Å²) < 4.78 is 57.3. The first-order valence-electron chi connectivity index (χ1n) is 13.7. The van der Waals surface area contributed by atoms with E-state index in [-0.39, 0.29) is 22.0 Å².